The predicted octanol–water partition coefficient (Wildman–Crippen LogP) is 7.47. The molecule has 4 saturated carbocycles. The van der Waals surface area contributed by atoms with Crippen LogP contribution in [0.1, 0.15) is 109 Å². The van der Waals surface area contributed by atoms with E-state index < -0.39 is 0 Å². The molecule has 30 heavy (non-hydrogen) atoms. The summed E-state index contributed by atoms with van der Waals surface area (Å²) in [6.45, 7) is 0. The molecule has 0 radical (unpaired) electrons. The Morgan fingerprint density at radius 3 is 1.93 bits per heavy atom. The van der Waals surface area contributed by atoms with Gasteiger partial charge in [0, 0.05) is 0 Å². The first-order valence-corrected chi connectivity index (χ1v) is 13.7. The molecule has 2 nitrogen and oxygen atoms in total. The largest absolute Gasteiger partial charge is 0.462 e. The highest BCUT2D eigenvalue weighted by Crippen LogP contribution is 2.49. The van der Waals surface area contributed by atoms with E-state index in [1.807, 2.05) is 0 Å². The summed E-state index contributed by atoms with van der Waals surface area (Å²) in [7, 11) is 0. The molecular formula is C28H44O2. The van der Waals surface area contributed by atoms with Gasteiger partial charge in [-0.3, -0.25) is 4.79 Å². The van der Waals surface area contributed by atoms with Gasteiger partial charge in [-0.1, -0.05) is 69.9 Å². The Kier molecular flexibility index (Phi) is 6.87. The first-order chi connectivity index (χ1) is 14.8. The number of ether oxygens (including phenoxy) is 1. The second kappa shape index (κ2) is 9.78. The van der Waals surface area contributed by atoms with Crippen LogP contribution in [0.5, 0.6) is 0 Å². The highest BCUT2D eigenvalue weighted by molar-refractivity contribution is 5.74. The van der Waals surface area contributed by atoms with Crippen LogP contribution in [0.25, 0.3) is 0 Å². The molecule has 0 N–H and O–H groups in total. The summed E-state index contributed by atoms with van der Waals surface area (Å²) in [5.74, 6) is 4.60. The molecule has 2 heteroatoms. The van der Waals surface area contributed by atoms with Gasteiger partial charge in [0.05, 0.1) is 5.92 Å². The minimum Gasteiger partial charge on any atom is -0.462 e. The smallest absolute Gasteiger partial charge is 0.310 e. The van der Waals surface area contributed by atoms with Gasteiger partial charge in [-0.15, -0.1) is 0 Å². The standard InChI is InChI=1S/C28H44O2/c29-28(30-24-17-14-21(15-18-24)20-8-3-1-4-9-20)27-25-13-7-12-23(25)16-19-26(27)22-10-5-2-6-11-22/h16,19-27H,1-15,17-18H2/t21?,23-,24?,25+,26-,27-/m0/s1. The Labute approximate surface area is 184 Å². The van der Waals surface area contributed by atoms with Crippen LogP contribution in [0.3, 0.4) is 0 Å². The van der Waals surface area contributed by atoms with Gasteiger partial charge < -0.3 is 4.74 Å². The maximum absolute atomic E-state index is 13.6. The summed E-state index contributed by atoms with van der Waals surface area (Å²) in [5, 5.41) is 0. The molecule has 0 saturated heterocycles. The molecule has 0 aromatic carbocycles. The van der Waals surface area contributed by atoms with Crippen LogP contribution in [-0.4, -0.2) is 12.1 Å². The summed E-state index contributed by atoms with van der Waals surface area (Å²) in [5.41, 5.74) is 0. The zero-order valence-corrected chi connectivity index (χ0v) is 19.1. The maximum atomic E-state index is 13.6. The van der Waals surface area contributed by atoms with Crippen LogP contribution in [-0.2, 0) is 9.53 Å². The fraction of sp³-hybridized carbons (Fsp3) is 0.893. The van der Waals surface area contributed by atoms with E-state index in [1.165, 1.54) is 96.3 Å². The molecule has 5 aliphatic carbocycles. The summed E-state index contributed by atoms with van der Waals surface area (Å²) in [4.78, 5) is 13.6. The Morgan fingerprint density at radius 1 is 0.600 bits per heavy atom. The molecular weight excluding hydrogens is 368 g/mol. The van der Waals surface area contributed by atoms with Crippen molar-refractivity contribution in [3.8, 4) is 0 Å². The summed E-state index contributed by atoms with van der Waals surface area (Å²) < 4.78 is 6.32. The Morgan fingerprint density at radius 2 is 1.23 bits per heavy atom. The van der Waals surface area contributed by atoms with E-state index >= 15 is 0 Å². The van der Waals surface area contributed by atoms with Crippen molar-refractivity contribution >= 4 is 5.97 Å². The second-order valence-electron chi connectivity index (χ2n) is 11.5. The summed E-state index contributed by atoms with van der Waals surface area (Å²) >= 11 is 0. The van der Waals surface area contributed by atoms with Gasteiger partial charge in [0.25, 0.3) is 0 Å². The summed E-state index contributed by atoms with van der Waals surface area (Å²) in [6.07, 6.45) is 27.8. The quantitative estimate of drug-likeness (QED) is 0.353. The lowest BCUT2D eigenvalue weighted by Gasteiger charge is -2.41. The predicted molar refractivity (Wildman–Crippen MR) is 122 cm³/mol. The molecule has 0 unspecified atom stereocenters. The Hall–Kier alpha value is -0.790. The molecule has 4 fully saturated rings. The lowest BCUT2D eigenvalue weighted by Crippen LogP contribution is -2.41. The topological polar surface area (TPSA) is 26.3 Å². The van der Waals surface area contributed by atoms with Crippen molar-refractivity contribution in [2.75, 3.05) is 0 Å². The zero-order valence-electron chi connectivity index (χ0n) is 19.1. The van der Waals surface area contributed by atoms with Crippen LogP contribution in [0.15, 0.2) is 12.2 Å². The van der Waals surface area contributed by atoms with Crippen molar-refractivity contribution in [1.29, 1.82) is 0 Å². The molecule has 0 heterocycles. The van der Waals surface area contributed by atoms with Gasteiger partial charge in [-0.25, -0.2) is 0 Å². The molecule has 5 aliphatic rings. The van der Waals surface area contributed by atoms with E-state index in [4.69, 9.17) is 4.74 Å². The van der Waals surface area contributed by atoms with E-state index in [0.29, 0.717) is 17.8 Å². The normalized spacial score (nSPS) is 40.8. The number of esters is 1. The van der Waals surface area contributed by atoms with Crippen molar-refractivity contribution in [3.05, 3.63) is 12.2 Å². The highest BCUT2D eigenvalue weighted by Gasteiger charge is 2.46. The maximum Gasteiger partial charge on any atom is 0.310 e. The van der Waals surface area contributed by atoms with Crippen molar-refractivity contribution in [3.63, 3.8) is 0 Å². The van der Waals surface area contributed by atoms with E-state index in [1.54, 1.807) is 0 Å². The van der Waals surface area contributed by atoms with E-state index in [2.05, 4.69) is 12.2 Å². The zero-order chi connectivity index (χ0) is 20.3. The van der Waals surface area contributed by atoms with Crippen molar-refractivity contribution in [2.45, 2.75) is 115 Å². The number of carbonyl (C=O) groups excluding carboxylic acids is 1. The fourth-order valence-electron chi connectivity index (χ4n) is 8.21. The molecule has 0 aliphatic heterocycles. The van der Waals surface area contributed by atoms with Gasteiger partial charge in [0.15, 0.2) is 0 Å². The van der Waals surface area contributed by atoms with E-state index in [9.17, 15) is 4.79 Å². The number of rotatable bonds is 4. The summed E-state index contributed by atoms with van der Waals surface area (Å²) in [6, 6.07) is 0. The first kappa shape index (κ1) is 21.1. The minimum absolute atomic E-state index is 0.154. The molecule has 0 aromatic rings. The number of hydrogen-bond donors (Lipinski definition) is 0. The van der Waals surface area contributed by atoms with E-state index in [0.717, 1.165) is 30.6 Å². The van der Waals surface area contributed by atoms with Crippen LogP contribution in [0.4, 0.5) is 0 Å². The first-order valence-electron chi connectivity index (χ1n) is 13.7. The molecule has 5 rings (SSSR count). The lowest BCUT2D eigenvalue weighted by molar-refractivity contribution is -0.162. The minimum atomic E-state index is 0.154. The third kappa shape index (κ3) is 4.53. The van der Waals surface area contributed by atoms with Crippen molar-refractivity contribution in [1.82, 2.24) is 0 Å². The van der Waals surface area contributed by atoms with Gasteiger partial charge in [0.2, 0.25) is 0 Å². The lowest BCUT2D eigenvalue weighted by atomic mass is 9.65. The number of fused-ring (bicyclic) bond motifs is 1. The van der Waals surface area contributed by atoms with Crippen LogP contribution in [0.2, 0.25) is 0 Å². The number of hydrogen-bond acceptors (Lipinski definition) is 2. The van der Waals surface area contributed by atoms with Crippen molar-refractivity contribution < 1.29 is 9.53 Å². The third-order valence-corrected chi connectivity index (χ3v) is 9.87. The van der Waals surface area contributed by atoms with E-state index in [-0.39, 0.29) is 18.0 Å². The highest BCUT2D eigenvalue weighted by atomic mass is 16.5. The van der Waals surface area contributed by atoms with Gasteiger partial charge in [-0.05, 0) is 86.9 Å². The molecule has 0 aromatic heterocycles. The van der Waals surface area contributed by atoms with Crippen molar-refractivity contribution in [2.24, 2.45) is 41.4 Å². The average Bonchev–Trinajstić information content (AvgIpc) is 3.29. The molecule has 0 bridgehead atoms. The van der Waals surface area contributed by atoms with Gasteiger partial charge in [-0.2, -0.15) is 0 Å². The molecule has 0 spiro atoms. The fourth-order valence-corrected chi connectivity index (χ4v) is 8.21. The van der Waals surface area contributed by atoms with Gasteiger partial charge >= 0.3 is 5.97 Å². The average molecular weight is 413 g/mol. The third-order valence-electron chi connectivity index (χ3n) is 9.87. The van der Waals surface area contributed by atoms with Crippen LogP contribution < -0.4 is 0 Å². The SMILES string of the molecule is O=C(OC1CCC(C2CCCCC2)CC1)[C@H]1[C@@H]2CCC[C@H]2C=C[C@H]1C1CCCCC1. The van der Waals surface area contributed by atoms with Gasteiger partial charge in [0.1, 0.15) is 6.10 Å². The monoisotopic (exact) mass is 412 g/mol. The second-order valence-corrected chi connectivity index (χ2v) is 11.5. The van der Waals surface area contributed by atoms with Crippen LogP contribution in [0, 0.1) is 41.4 Å². The Balaban J connectivity index is 1.21. The molecule has 168 valence electrons. The molecule has 4 atom stereocenters. The number of carbonyl (C=O) groups is 1. The molecule has 0 amide bonds. The Bertz CT molecular complexity index is 590. The van der Waals surface area contributed by atoms with Crippen LogP contribution >= 0.6 is 0 Å². The number of allylic oxidation sites excluding steroid dienone is 2.